The molecule has 1 aromatic rings. The van der Waals surface area contributed by atoms with Gasteiger partial charge in [0.15, 0.2) is 11.0 Å². The molecule has 0 aliphatic carbocycles. The van der Waals surface area contributed by atoms with Gasteiger partial charge in [0.25, 0.3) is 0 Å². The predicted molar refractivity (Wildman–Crippen MR) is 98.8 cm³/mol. The van der Waals surface area contributed by atoms with E-state index >= 15 is 0 Å². The Labute approximate surface area is 151 Å². The molecule has 1 atom stereocenters. The third-order valence-electron chi connectivity index (χ3n) is 4.20. The summed E-state index contributed by atoms with van der Waals surface area (Å²) in [6.45, 7) is 7.35. The van der Waals surface area contributed by atoms with Crippen LogP contribution in [0.15, 0.2) is 57.2 Å². The number of nitrogens with zero attached hydrogens (tertiary/aromatic N) is 2. The van der Waals surface area contributed by atoms with Crippen LogP contribution < -0.4 is 0 Å². The van der Waals surface area contributed by atoms with Gasteiger partial charge in [-0.25, -0.2) is 9.79 Å². The van der Waals surface area contributed by atoms with Gasteiger partial charge in [0, 0.05) is 5.70 Å². The lowest BCUT2D eigenvalue weighted by atomic mass is 9.94. The fraction of sp³-hybridized carbons (Fsp3) is 0.316. The van der Waals surface area contributed by atoms with E-state index in [2.05, 4.69) is 4.99 Å². The molecule has 0 aromatic heterocycles. The van der Waals surface area contributed by atoms with Gasteiger partial charge in [0.1, 0.15) is 0 Å². The molecule has 130 valence electrons. The number of aliphatic imine (C=N–C) groups is 1. The Bertz CT molecular complexity index is 824. The molecule has 0 saturated carbocycles. The second-order valence-electron chi connectivity index (χ2n) is 5.87. The third kappa shape index (κ3) is 3.02. The number of allylic oxidation sites excluding steroid dienone is 3. The van der Waals surface area contributed by atoms with Crippen molar-refractivity contribution in [2.24, 2.45) is 4.99 Å². The van der Waals surface area contributed by atoms with Crippen LogP contribution in [0.5, 0.6) is 0 Å². The van der Waals surface area contributed by atoms with Crippen LogP contribution in [0.3, 0.4) is 0 Å². The second kappa shape index (κ2) is 6.88. The Morgan fingerprint density at radius 1 is 1.24 bits per heavy atom. The minimum atomic E-state index is -0.370. The maximum Gasteiger partial charge on any atom is 0.338 e. The first-order valence-electron chi connectivity index (χ1n) is 8.16. The highest BCUT2D eigenvalue weighted by Crippen LogP contribution is 2.46. The summed E-state index contributed by atoms with van der Waals surface area (Å²) in [5.41, 5.74) is 2.92. The summed E-state index contributed by atoms with van der Waals surface area (Å²) in [7, 11) is 0. The number of Topliss-reactive ketones (excluding diaryl/α,β-unsaturated/α-hetero) is 1. The molecular formula is C19H20N2O3S. The summed E-state index contributed by atoms with van der Waals surface area (Å²) in [4.78, 5) is 31.8. The van der Waals surface area contributed by atoms with E-state index in [1.54, 1.807) is 13.8 Å². The van der Waals surface area contributed by atoms with Gasteiger partial charge in [-0.15, -0.1) is 0 Å². The molecule has 2 aliphatic rings. The van der Waals surface area contributed by atoms with E-state index in [1.807, 2.05) is 49.1 Å². The molecule has 0 bridgehead atoms. The minimum Gasteiger partial charge on any atom is -0.463 e. The molecule has 3 rings (SSSR count). The van der Waals surface area contributed by atoms with Gasteiger partial charge in [-0.2, -0.15) is 0 Å². The zero-order chi connectivity index (χ0) is 18.1. The van der Waals surface area contributed by atoms with Crippen molar-refractivity contribution >= 4 is 28.7 Å². The molecule has 6 heteroatoms. The number of benzene rings is 1. The Hall–Kier alpha value is -2.34. The molecule has 1 aromatic carbocycles. The van der Waals surface area contributed by atoms with Crippen molar-refractivity contribution < 1.29 is 14.3 Å². The van der Waals surface area contributed by atoms with Crippen LogP contribution in [0.4, 0.5) is 0 Å². The quantitative estimate of drug-likeness (QED) is 0.768. The van der Waals surface area contributed by atoms with Crippen LogP contribution in [0, 0.1) is 0 Å². The van der Waals surface area contributed by atoms with Gasteiger partial charge in [0.2, 0.25) is 0 Å². The van der Waals surface area contributed by atoms with E-state index in [4.69, 9.17) is 4.74 Å². The highest BCUT2D eigenvalue weighted by Gasteiger charge is 2.42. The van der Waals surface area contributed by atoms with Gasteiger partial charge in [-0.1, -0.05) is 30.3 Å². The first-order valence-corrected chi connectivity index (χ1v) is 8.97. The number of ether oxygens (including phenoxy) is 1. The van der Waals surface area contributed by atoms with Crippen LogP contribution in [-0.2, 0) is 14.3 Å². The van der Waals surface area contributed by atoms with Crippen LogP contribution >= 0.6 is 11.8 Å². The normalized spacial score (nSPS) is 19.8. The Kier molecular flexibility index (Phi) is 4.81. The van der Waals surface area contributed by atoms with Crippen molar-refractivity contribution in [3.63, 3.8) is 0 Å². The number of esters is 1. The van der Waals surface area contributed by atoms with E-state index in [-0.39, 0.29) is 17.8 Å². The summed E-state index contributed by atoms with van der Waals surface area (Å²) < 4.78 is 5.28. The zero-order valence-electron chi connectivity index (χ0n) is 14.7. The van der Waals surface area contributed by atoms with E-state index in [0.29, 0.717) is 22.8 Å². The Morgan fingerprint density at radius 2 is 1.92 bits per heavy atom. The lowest BCUT2D eigenvalue weighted by Crippen LogP contribution is -2.36. The lowest BCUT2D eigenvalue weighted by molar-refractivity contribution is -0.139. The largest absolute Gasteiger partial charge is 0.463 e. The predicted octanol–water partition coefficient (Wildman–Crippen LogP) is 3.80. The summed E-state index contributed by atoms with van der Waals surface area (Å²) in [5, 5.41) is 0.724. The van der Waals surface area contributed by atoms with E-state index in [0.717, 1.165) is 16.4 Å². The number of carbonyl (C=O) groups excluding carboxylic acids is 2. The number of thioether (sulfide) groups is 1. The summed E-state index contributed by atoms with van der Waals surface area (Å²) in [6, 6.07) is 9.41. The molecule has 2 aliphatic heterocycles. The van der Waals surface area contributed by atoms with Gasteiger partial charge in [-0.05, 0) is 45.0 Å². The standard InChI is InChI=1S/C19H20N2O3S/c1-5-24-18(23)15-11(2)20-19-21(12(3)17(25-19)13(4)22)16(15)14-9-7-6-8-10-14/h6-10,16H,5H2,1-4H3. The highest BCUT2D eigenvalue weighted by molar-refractivity contribution is 8.18. The molecule has 25 heavy (non-hydrogen) atoms. The van der Waals surface area contributed by atoms with Crippen molar-refractivity contribution in [1.29, 1.82) is 0 Å². The van der Waals surface area contributed by atoms with Crippen LogP contribution in [0.1, 0.15) is 39.3 Å². The van der Waals surface area contributed by atoms with Crippen molar-refractivity contribution in [2.75, 3.05) is 6.61 Å². The first-order chi connectivity index (χ1) is 12.0. The molecule has 0 N–H and O–H groups in total. The third-order valence-corrected chi connectivity index (χ3v) is 5.46. The van der Waals surface area contributed by atoms with Crippen LogP contribution in [0.25, 0.3) is 0 Å². The number of carbonyl (C=O) groups is 2. The van der Waals surface area contributed by atoms with Gasteiger partial charge in [0.05, 0.1) is 28.8 Å². The molecule has 5 nitrogen and oxygen atoms in total. The van der Waals surface area contributed by atoms with E-state index in [1.165, 1.54) is 11.8 Å². The van der Waals surface area contributed by atoms with Gasteiger partial charge in [-0.3, -0.25) is 4.79 Å². The molecule has 2 heterocycles. The Morgan fingerprint density at radius 3 is 2.52 bits per heavy atom. The van der Waals surface area contributed by atoms with Crippen LogP contribution in [-0.4, -0.2) is 28.4 Å². The summed E-state index contributed by atoms with van der Waals surface area (Å²) in [6.07, 6.45) is 0. The van der Waals surface area contributed by atoms with E-state index in [9.17, 15) is 9.59 Å². The monoisotopic (exact) mass is 356 g/mol. The smallest absolute Gasteiger partial charge is 0.338 e. The highest BCUT2D eigenvalue weighted by atomic mass is 32.2. The fourth-order valence-corrected chi connectivity index (χ4v) is 4.22. The SMILES string of the molecule is CCOC(=O)C1=C(C)N=C2SC(C(C)=O)=C(C)N2C1c1ccccc1. The van der Waals surface area contributed by atoms with Crippen LogP contribution in [0.2, 0.25) is 0 Å². The molecule has 0 radical (unpaired) electrons. The maximum absolute atomic E-state index is 12.6. The number of amidine groups is 1. The van der Waals surface area contributed by atoms with Crippen molar-refractivity contribution in [1.82, 2.24) is 4.90 Å². The van der Waals surface area contributed by atoms with E-state index < -0.39 is 0 Å². The van der Waals surface area contributed by atoms with Crippen molar-refractivity contribution in [2.45, 2.75) is 33.7 Å². The minimum absolute atomic E-state index is 0.00162. The van der Waals surface area contributed by atoms with Crippen molar-refractivity contribution in [3.05, 3.63) is 57.8 Å². The zero-order valence-corrected chi connectivity index (χ0v) is 15.5. The maximum atomic E-state index is 12.6. The molecule has 0 amide bonds. The van der Waals surface area contributed by atoms with Gasteiger partial charge < -0.3 is 9.64 Å². The van der Waals surface area contributed by atoms with Gasteiger partial charge >= 0.3 is 5.97 Å². The molecule has 1 unspecified atom stereocenters. The average molecular weight is 356 g/mol. The molecular weight excluding hydrogens is 336 g/mol. The lowest BCUT2D eigenvalue weighted by Gasteiger charge is -2.35. The summed E-state index contributed by atoms with van der Waals surface area (Å²) >= 11 is 1.36. The molecule has 0 fully saturated rings. The number of hydrogen-bond acceptors (Lipinski definition) is 6. The molecule has 0 spiro atoms. The average Bonchev–Trinajstić information content (AvgIpc) is 2.91. The summed E-state index contributed by atoms with van der Waals surface area (Å²) in [5.74, 6) is -0.368. The Balaban J connectivity index is 2.18. The molecule has 0 saturated heterocycles. The number of hydrogen-bond donors (Lipinski definition) is 0. The first kappa shape index (κ1) is 17.5. The fourth-order valence-electron chi connectivity index (χ4n) is 3.12. The number of rotatable bonds is 4. The number of fused-ring (bicyclic) bond motifs is 1. The number of ketones is 1. The second-order valence-corrected chi connectivity index (χ2v) is 6.85. The topological polar surface area (TPSA) is 59.0 Å². The van der Waals surface area contributed by atoms with Crippen molar-refractivity contribution in [3.8, 4) is 0 Å².